The third-order valence-electron chi connectivity index (χ3n) is 17.7. The van der Waals surface area contributed by atoms with E-state index in [1.54, 1.807) is 44.2 Å². The smallest absolute Gasteiger partial charge is 0.248 e. The van der Waals surface area contributed by atoms with Gasteiger partial charge in [-0.25, -0.2) is 0 Å². The van der Waals surface area contributed by atoms with Crippen LogP contribution in [-0.4, -0.2) is 250 Å². The summed E-state index contributed by atoms with van der Waals surface area (Å²) in [5.74, 6) is -9.49. The van der Waals surface area contributed by atoms with Crippen LogP contribution in [0.2, 0.25) is 0 Å². The first-order chi connectivity index (χ1) is 42.1. The molecule has 2 fully saturated rings. The molecular formula is C65H100N12O13. The van der Waals surface area contributed by atoms with E-state index in [0.29, 0.717) is 37.9 Å². The first-order valence-corrected chi connectivity index (χ1v) is 31.3. The van der Waals surface area contributed by atoms with Gasteiger partial charge in [0.1, 0.15) is 66.5 Å². The molecule has 0 saturated carbocycles. The molecule has 0 bridgehead atoms. The van der Waals surface area contributed by atoms with Crippen LogP contribution < -0.4 is 21.3 Å². The van der Waals surface area contributed by atoms with Crippen LogP contribution in [0, 0.1) is 11.8 Å². The zero-order valence-electron chi connectivity index (χ0n) is 55.9. The predicted octanol–water partition coefficient (Wildman–Crippen LogP) is 1.19. The van der Waals surface area contributed by atoms with Gasteiger partial charge in [0.2, 0.25) is 70.9 Å². The highest BCUT2D eigenvalue weighted by atomic mass is 16.3. The number of hydrogen-bond donors (Lipinski definition) is 5. The van der Waals surface area contributed by atoms with Crippen LogP contribution in [0.15, 0.2) is 60.7 Å². The lowest BCUT2D eigenvalue weighted by molar-refractivity contribution is -0.155. The highest BCUT2D eigenvalue weighted by Crippen LogP contribution is 2.23. The molecule has 2 aliphatic heterocycles. The summed E-state index contributed by atoms with van der Waals surface area (Å²) in [6.45, 7) is 16.2. The Balaban J connectivity index is 1.85. The number of carbonyl (C=O) groups is 12. The molecule has 498 valence electrons. The number of piperidine rings is 1. The Bertz CT molecular complexity index is 2850. The van der Waals surface area contributed by atoms with Crippen molar-refractivity contribution >= 4 is 70.9 Å². The molecule has 2 aliphatic rings. The molecule has 0 radical (unpaired) electrons. The average molecular weight is 1260 g/mol. The number of likely N-dealkylation sites (tertiary alicyclic amines) is 1. The van der Waals surface area contributed by atoms with Crippen molar-refractivity contribution in [2.75, 3.05) is 62.4 Å². The average Bonchev–Trinajstić information content (AvgIpc) is 1.46. The van der Waals surface area contributed by atoms with E-state index < -0.39 is 156 Å². The number of likely N-dealkylation sites (N-methyl/N-ethyl adjacent to an activating group) is 7. The number of amides is 12. The van der Waals surface area contributed by atoms with Gasteiger partial charge in [-0.1, -0.05) is 88.4 Å². The normalized spacial score (nSPS) is 27.2. The molecule has 12 amide bonds. The number of hydrogen-bond acceptors (Lipinski definition) is 13. The van der Waals surface area contributed by atoms with Gasteiger partial charge in [0.05, 0.1) is 12.5 Å². The molecular weight excluding hydrogens is 1160 g/mol. The van der Waals surface area contributed by atoms with E-state index in [4.69, 9.17) is 0 Å². The molecule has 2 aromatic rings. The van der Waals surface area contributed by atoms with Crippen LogP contribution in [0.1, 0.15) is 119 Å². The molecule has 0 aliphatic carbocycles. The molecule has 5 N–H and O–H groups in total. The molecule has 25 nitrogen and oxygen atoms in total. The summed E-state index contributed by atoms with van der Waals surface area (Å²) in [6, 6.07) is 3.52. The van der Waals surface area contributed by atoms with Crippen molar-refractivity contribution in [3.63, 3.8) is 0 Å². The largest absolute Gasteiger partial charge is 0.391 e. The standard InChI is InChI=1S/C65H100N12O13/c1-38(2)35-50-63(88)76(17)54(39(3)4)65(90)73(14)44(9)56(81)67-48(32-31-46-27-21-18-22-28-46)60(85)71(12)43(8)57(82)68-49(61(86)77-33-25-20-26-34-77)37-52(79)70(11)41(6)58(83)69-53(45(10)78)64(89)72(13)42(7)55(80)66-40(5)59(84)74(15)51(62(87)75(50)16)36-47-29-23-19-24-30-47/h18-19,21-24,27-30,38-45,48-51,53-54,78H,20,25-26,31-37H2,1-17H3,(H,66,80)(H,67,81)(H,68,82)(H,69,83)/t40-,41-,42-,43-,44-,45+,48-,49-,50-,51-,53-,54-/m0/s1. The van der Waals surface area contributed by atoms with Crippen molar-refractivity contribution in [2.45, 2.75) is 193 Å². The van der Waals surface area contributed by atoms with Crippen molar-refractivity contribution in [3.05, 3.63) is 71.8 Å². The fourth-order valence-corrected chi connectivity index (χ4v) is 11.1. The number of aliphatic hydroxyl groups excluding tert-OH is 1. The zero-order valence-corrected chi connectivity index (χ0v) is 55.9. The topological polar surface area (TPSA) is 299 Å². The SMILES string of the molecule is CC(C)C[C@H]1C(=O)N(C)[C@@H](C(C)C)C(=O)N(C)[C@@H](C)C(=O)N[C@@H](CCc2ccccc2)C(=O)N(C)[C@@H](C)C(=O)N[C@H](C(=O)N2CCCCC2)CC(=O)N(C)[C@@H](C)C(=O)N[C@@H]([C@@H](C)O)C(=O)N(C)[C@@H](C)C(=O)N[C@@H](C)C(=O)N(C)[C@@H](Cc2ccccc2)C(=O)N1C. The molecule has 12 atom stereocenters. The number of aliphatic hydroxyl groups is 1. The Hall–Kier alpha value is -7.96. The zero-order chi connectivity index (χ0) is 67.8. The monoisotopic (exact) mass is 1260 g/mol. The molecule has 2 saturated heterocycles. The van der Waals surface area contributed by atoms with E-state index in [1.165, 1.54) is 115 Å². The van der Waals surface area contributed by atoms with Crippen LogP contribution in [0.4, 0.5) is 0 Å². The van der Waals surface area contributed by atoms with Crippen molar-refractivity contribution in [1.29, 1.82) is 0 Å². The van der Waals surface area contributed by atoms with Crippen LogP contribution in [-0.2, 0) is 70.4 Å². The second-order valence-electron chi connectivity index (χ2n) is 25.1. The highest BCUT2D eigenvalue weighted by Gasteiger charge is 2.44. The first kappa shape index (κ1) is 74.5. The lowest BCUT2D eigenvalue weighted by Gasteiger charge is -2.40. The maximum Gasteiger partial charge on any atom is 0.248 e. The summed E-state index contributed by atoms with van der Waals surface area (Å²) in [5.41, 5.74) is 1.51. The lowest BCUT2D eigenvalue weighted by Crippen LogP contribution is -2.62. The van der Waals surface area contributed by atoms with Gasteiger partial charge in [-0.05, 0) is 103 Å². The van der Waals surface area contributed by atoms with Gasteiger partial charge >= 0.3 is 0 Å². The van der Waals surface area contributed by atoms with Gasteiger partial charge < -0.3 is 65.6 Å². The Labute approximate surface area is 531 Å². The molecule has 0 spiro atoms. The van der Waals surface area contributed by atoms with E-state index in [2.05, 4.69) is 21.3 Å². The van der Waals surface area contributed by atoms with Crippen LogP contribution in [0.25, 0.3) is 0 Å². The molecule has 90 heavy (non-hydrogen) atoms. The van der Waals surface area contributed by atoms with Crippen molar-refractivity contribution in [3.8, 4) is 0 Å². The molecule has 2 aromatic carbocycles. The molecule has 0 aromatic heterocycles. The van der Waals surface area contributed by atoms with E-state index in [-0.39, 0.29) is 25.2 Å². The Kier molecular flexibility index (Phi) is 27.9. The summed E-state index contributed by atoms with van der Waals surface area (Å²) < 4.78 is 0. The number of nitrogens with zero attached hydrogens (tertiary/aromatic N) is 8. The molecule has 2 heterocycles. The number of rotatable bonds is 10. The fraction of sp³-hybridized carbons (Fsp3) is 0.631. The van der Waals surface area contributed by atoms with Gasteiger partial charge in [0.25, 0.3) is 0 Å². The van der Waals surface area contributed by atoms with Crippen molar-refractivity contribution in [2.24, 2.45) is 11.8 Å². The minimum Gasteiger partial charge on any atom is -0.391 e. The molecule has 0 unspecified atom stereocenters. The van der Waals surface area contributed by atoms with Gasteiger partial charge in [0.15, 0.2) is 0 Å². The third-order valence-corrected chi connectivity index (χ3v) is 17.7. The van der Waals surface area contributed by atoms with E-state index in [1.807, 2.05) is 44.2 Å². The van der Waals surface area contributed by atoms with E-state index in [0.717, 1.165) is 26.7 Å². The Morgan fingerprint density at radius 2 is 0.956 bits per heavy atom. The number of benzene rings is 2. The van der Waals surface area contributed by atoms with E-state index in [9.17, 15) is 53.1 Å². The van der Waals surface area contributed by atoms with Gasteiger partial charge in [0, 0.05) is 68.8 Å². The van der Waals surface area contributed by atoms with Crippen LogP contribution in [0.5, 0.6) is 0 Å². The first-order valence-electron chi connectivity index (χ1n) is 31.3. The third kappa shape index (κ3) is 19.3. The van der Waals surface area contributed by atoms with Crippen molar-refractivity contribution in [1.82, 2.24) is 60.5 Å². The summed E-state index contributed by atoms with van der Waals surface area (Å²) in [4.78, 5) is 184. The van der Waals surface area contributed by atoms with E-state index >= 15 is 9.59 Å². The maximum atomic E-state index is 15.1. The summed E-state index contributed by atoms with van der Waals surface area (Å²) in [5, 5.41) is 21.6. The van der Waals surface area contributed by atoms with Gasteiger partial charge in [-0.15, -0.1) is 0 Å². The van der Waals surface area contributed by atoms with Crippen molar-refractivity contribution < 1.29 is 62.6 Å². The van der Waals surface area contributed by atoms with Crippen LogP contribution >= 0.6 is 0 Å². The summed E-state index contributed by atoms with van der Waals surface area (Å²) in [7, 11) is 9.63. The second kappa shape index (κ2) is 33.7. The van der Waals surface area contributed by atoms with Gasteiger partial charge in [-0.2, -0.15) is 0 Å². The second-order valence-corrected chi connectivity index (χ2v) is 25.1. The lowest BCUT2D eigenvalue weighted by atomic mass is 9.96. The summed E-state index contributed by atoms with van der Waals surface area (Å²) in [6.07, 6.45) is 0.484. The number of aryl methyl sites for hydroxylation is 1. The Morgan fingerprint density at radius 1 is 0.500 bits per heavy atom. The maximum absolute atomic E-state index is 15.1. The van der Waals surface area contributed by atoms with Gasteiger partial charge in [-0.3, -0.25) is 57.5 Å². The quantitative estimate of drug-likeness (QED) is 0.224. The number of carbonyl (C=O) groups excluding carboxylic acids is 12. The molecule has 25 heteroatoms. The minimum atomic E-state index is -1.66. The summed E-state index contributed by atoms with van der Waals surface area (Å²) >= 11 is 0. The van der Waals surface area contributed by atoms with Crippen LogP contribution in [0.3, 0.4) is 0 Å². The highest BCUT2D eigenvalue weighted by molar-refractivity contribution is 6.00. The predicted molar refractivity (Wildman–Crippen MR) is 338 cm³/mol. The number of nitrogens with one attached hydrogen (secondary N) is 4. The Morgan fingerprint density at radius 3 is 1.48 bits per heavy atom. The minimum absolute atomic E-state index is 0.0197. The molecule has 4 rings (SSSR count). The fourth-order valence-electron chi connectivity index (χ4n) is 11.1.